The molecule has 3 aromatic rings. The van der Waals surface area contributed by atoms with Crippen molar-refractivity contribution in [3.8, 4) is 22.9 Å². The third-order valence-corrected chi connectivity index (χ3v) is 3.65. The molecule has 0 unspecified atom stereocenters. The number of aliphatic hydroxyl groups is 1. The number of nitrogens with one attached hydrogen (secondary N) is 1. The van der Waals surface area contributed by atoms with E-state index in [4.69, 9.17) is 10.00 Å². The van der Waals surface area contributed by atoms with Gasteiger partial charge in [0, 0.05) is 11.8 Å². The van der Waals surface area contributed by atoms with Gasteiger partial charge in [-0.3, -0.25) is 4.79 Å². The summed E-state index contributed by atoms with van der Waals surface area (Å²) in [5.41, 5.74) is 2.25. The number of pyridine rings is 1. The van der Waals surface area contributed by atoms with Crippen LogP contribution < -0.4 is 10.3 Å². The van der Waals surface area contributed by atoms with Crippen molar-refractivity contribution < 1.29 is 9.84 Å². The van der Waals surface area contributed by atoms with Gasteiger partial charge in [0.1, 0.15) is 11.8 Å². The van der Waals surface area contributed by atoms with Crippen molar-refractivity contribution >= 4 is 10.8 Å². The molecule has 5 nitrogen and oxygen atoms in total. The van der Waals surface area contributed by atoms with Crippen molar-refractivity contribution in [3.63, 3.8) is 0 Å². The standard InChI is InChI=1S/C18H14N2O3/c19-7-8-23-13-5-6-15-16(9-13)18(22)20-10-17(15)14-4-2-1-3-12(14)11-21/h1-6,9-10,21H,8,11H2,(H,20,22). The van der Waals surface area contributed by atoms with E-state index in [9.17, 15) is 9.90 Å². The van der Waals surface area contributed by atoms with Crippen LogP contribution in [0.3, 0.4) is 0 Å². The lowest BCUT2D eigenvalue weighted by Crippen LogP contribution is -2.07. The number of fused-ring (bicyclic) bond motifs is 1. The fourth-order valence-electron chi connectivity index (χ4n) is 2.59. The number of hydrogen-bond donors (Lipinski definition) is 2. The average Bonchev–Trinajstić information content (AvgIpc) is 2.60. The number of aliphatic hydroxyl groups excluding tert-OH is 1. The summed E-state index contributed by atoms with van der Waals surface area (Å²) in [7, 11) is 0. The molecular formula is C18H14N2O3. The number of hydrogen-bond acceptors (Lipinski definition) is 4. The lowest BCUT2D eigenvalue weighted by Gasteiger charge is -2.11. The lowest BCUT2D eigenvalue weighted by atomic mass is 9.97. The molecule has 23 heavy (non-hydrogen) atoms. The first-order valence-corrected chi connectivity index (χ1v) is 7.09. The summed E-state index contributed by atoms with van der Waals surface area (Å²) in [6.07, 6.45) is 1.65. The summed E-state index contributed by atoms with van der Waals surface area (Å²) in [4.78, 5) is 14.8. The van der Waals surface area contributed by atoms with Gasteiger partial charge in [0.05, 0.1) is 12.0 Å². The SMILES string of the molecule is N#CCOc1ccc2c(-c3ccccc3CO)c[nH]c(=O)c2c1. The van der Waals surface area contributed by atoms with E-state index in [-0.39, 0.29) is 18.8 Å². The Morgan fingerprint density at radius 1 is 1.13 bits per heavy atom. The van der Waals surface area contributed by atoms with Gasteiger partial charge in [0.25, 0.3) is 5.56 Å². The molecule has 2 aromatic carbocycles. The van der Waals surface area contributed by atoms with Gasteiger partial charge in [0.15, 0.2) is 6.61 Å². The van der Waals surface area contributed by atoms with Crippen molar-refractivity contribution in [2.45, 2.75) is 6.61 Å². The van der Waals surface area contributed by atoms with E-state index in [2.05, 4.69) is 4.98 Å². The molecule has 0 aliphatic carbocycles. The van der Waals surface area contributed by atoms with Crippen LogP contribution in [-0.4, -0.2) is 16.7 Å². The topological polar surface area (TPSA) is 86.1 Å². The van der Waals surface area contributed by atoms with Crippen molar-refractivity contribution in [3.05, 3.63) is 64.6 Å². The quantitative estimate of drug-likeness (QED) is 0.775. The van der Waals surface area contributed by atoms with Crippen LogP contribution in [0.1, 0.15) is 5.56 Å². The summed E-state index contributed by atoms with van der Waals surface area (Å²) in [6.45, 7) is -0.156. The minimum Gasteiger partial charge on any atom is -0.479 e. The summed E-state index contributed by atoms with van der Waals surface area (Å²) in [5.74, 6) is 0.470. The van der Waals surface area contributed by atoms with Crippen LogP contribution in [0, 0.1) is 11.3 Å². The van der Waals surface area contributed by atoms with Crippen LogP contribution in [0.25, 0.3) is 21.9 Å². The molecule has 0 fully saturated rings. The molecule has 1 aromatic heterocycles. The Morgan fingerprint density at radius 3 is 2.74 bits per heavy atom. The Kier molecular flexibility index (Phi) is 4.09. The highest BCUT2D eigenvalue weighted by Gasteiger charge is 2.11. The molecule has 0 aliphatic heterocycles. The molecule has 0 saturated carbocycles. The molecule has 3 rings (SSSR count). The number of H-pyrrole nitrogens is 1. The predicted octanol–water partition coefficient (Wildman–Crippen LogP) is 2.59. The van der Waals surface area contributed by atoms with E-state index in [1.54, 1.807) is 24.4 Å². The van der Waals surface area contributed by atoms with Gasteiger partial charge < -0.3 is 14.8 Å². The third kappa shape index (κ3) is 2.80. The van der Waals surface area contributed by atoms with Gasteiger partial charge in [-0.15, -0.1) is 0 Å². The minimum atomic E-state index is -0.229. The summed E-state index contributed by atoms with van der Waals surface area (Å²) in [5, 5.41) is 19.3. The largest absolute Gasteiger partial charge is 0.479 e. The molecule has 0 spiro atoms. The highest BCUT2D eigenvalue weighted by atomic mass is 16.5. The summed E-state index contributed by atoms with van der Waals surface area (Å²) < 4.78 is 5.25. The Bertz CT molecular complexity index is 954. The van der Waals surface area contributed by atoms with Crippen LogP contribution in [-0.2, 0) is 6.61 Å². The molecular weight excluding hydrogens is 292 g/mol. The number of nitrogens with zero attached hydrogens (tertiary/aromatic N) is 1. The summed E-state index contributed by atoms with van der Waals surface area (Å²) >= 11 is 0. The van der Waals surface area contributed by atoms with Crippen LogP contribution in [0.4, 0.5) is 0 Å². The zero-order valence-corrected chi connectivity index (χ0v) is 12.2. The molecule has 0 bridgehead atoms. The first kappa shape index (κ1) is 14.8. The normalized spacial score (nSPS) is 10.4. The number of aromatic amines is 1. The van der Waals surface area contributed by atoms with Gasteiger partial charge in [-0.2, -0.15) is 5.26 Å². The molecule has 0 radical (unpaired) electrons. The monoisotopic (exact) mass is 306 g/mol. The number of nitriles is 1. The highest BCUT2D eigenvalue weighted by Crippen LogP contribution is 2.30. The Balaban J connectivity index is 2.22. The smallest absolute Gasteiger partial charge is 0.255 e. The predicted molar refractivity (Wildman–Crippen MR) is 87.0 cm³/mol. The van der Waals surface area contributed by atoms with Crippen LogP contribution in [0.15, 0.2) is 53.5 Å². The average molecular weight is 306 g/mol. The van der Waals surface area contributed by atoms with E-state index in [1.807, 2.05) is 30.3 Å². The van der Waals surface area contributed by atoms with Gasteiger partial charge in [-0.05, 0) is 34.7 Å². The van der Waals surface area contributed by atoms with Gasteiger partial charge in [0.2, 0.25) is 0 Å². The van der Waals surface area contributed by atoms with E-state index >= 15 is 0 Å². The highest BCUT2D eigenvalue weighted by molar-refractivity contribution is 5.97. The lowest BCUT2D eigenvalue weighted by molar-refractivity contribution is 0.282. The molecule has 0 saturated heterocycles. The Hall–Kier alpha value is -3.10. The van der Waals surface area contributed by atoms with Crippen LogP contribution in [0.5, 0.6) is 5.75 Å². The second-order valence-corrected chi connectivity index (χ2v) is 5.00. The van der Waals surface area contributed by atoms with E-state index in [1.165, 1.54) is 0 Å². The summed E-state index contributed by atoms with van der Waals surface area (Å²) in [6, 6.07) is 14.5. The third-order valence-electron chi connectivity index (χ3n) is 3.65. The minimum absolute atomic E-state index is 0.0730. The number of benzene rings is 2. The molecule has 114 valence electrons. The second-order valence-electron chi connectivity index (χ2n) is 5.00. The maximum atomic E-state index is 12.1. The number of aromatic nitrogens is 1. The van der Waals surface area contributed by atoms with Crippen molar-refractivity contribution in [1.82, 2.24) is 4.98 Å². The van der Waals surface area contributed by atoms with Crippen LogP contribution in [0.2, 0.25) is 0 Å². The van der Waals surface area contributed by atoms with Crippen molar-refractivity contribution in [2.75, 3.05) is 6.61 Å². The molecule has 0 amide bonds. The molecule has 5 heteroatoms. The van der Waals surface area contributed by atoms with Crippen molar-refractivity contribution in [2.24, 2.45) is 0 Å². The van der Waals surface area contributed by atoms with E-state index in [0.29, 0.717) is 11.1 Å². The van der Waals surface area contributed by atoms with E-state index in [0.717, 1.165) is 22.1 Å². The molecule has 0 atom stereocenters. The molecule has 2 N–H and O–H groups in total. The molecule has 1 heterocycles. The fourth-order valence-corrected chi connectivity index (χ4v) is 2.59. The maximum Gasteiger partial charge on any atom is 0.255 e. The van der Waals surface area contributed by atoms with Gasteiger partial charge in [-0.1, -0.05) is 24.3 Å². The maximum absolute atomic E-state index is 12.1. The second kappa shape index (κ2) is 6.34. The van der Waals surface area contributed by atoms with Gasteiger partial charge in [-0.25, -0.2) is 0 Å². The van der Waals surface area contributed by atoms with Crippen molar-refractivity contribution in [1.29, 1.82) is 5.26 Å². The first-order chi connectivity index (χ1) is 11.2. The Labute approximate surface area is 132 Å². The first-order valence-electron chi connectivity index (χ1n) is 7.09. The van der Waals surface area contributed by atoms with E-state index < -0.39 is 0 Å². The zero-order chi connectivity index (χ0) is 16.2. The fraction of sp³-hybridized carbons (Fsp3) is 0.111. The van der Waals surface area contributed by atoms with Crippen LogP contribution >= 0.6 is 0 Å². The van der Waals surface area contributed by atoms with Gasteiger partial charge >= 0.3 is 0 Å². The molecule has 0 aliphatic rings. The number of rotatable bonds is 4. The number of ether oxygens (including phenoxy) is 1. The zero-order valence-electron chi connectivity index (χ0n) is 12.2. The Morgan fingerprint density at radius 2 is 1.96 bits per heavy atom.